The second-order valence-corrected chi connectivity index (χ2v) is 8.66. The molecule has 0 radical (unpaired) electrons. The zero-order valence-electron chi connectivity index (χ0n) is 12.7. The van der Waals surface area contributed by atoms with Gasteiger partial charge in [-0.25, -0.2) is 13.2 Å². The zero-order valence-corrected chi connectivity index (χ0v) is 17.8. The van der Waals surface area contributed by atoms with Gasteiger partial charge in [-0.05, 0) is 57.3 Å². The van der Waals surface area contributed by atoms with Crippen LogP contribution in [0.3, 0.4) is 0 Å². The van der Waals surface area contributed by atoms with Crippen LogP contribution in [0.25, 0.3) is 4.72 Å². The highest BCUT2D eigenvalue weighted by molar-refractivity contribution is 14.1. The van der Waals surface area contributed by atoms with Gasteiger partial charge < -0.3 is 14.2 Å². The molecule has 0 bridgehead atoms. The summed E-state index contributed by atoms with van der Waals surface area (Å²) in [6.45, 7) is -3.52. The molecule has 27 heavy (non-hydrogen) atoms. The predicted molar refractivity (Wildman–Crippen MR) is 96.9 cm³/mol. The first-order chi connectivity index (χ1) is 12.1. The molecule has 0 atom stereocenters. The van der Waals surface area contributed by atoms with Crippen LogP contribution in [0, 0.1) is 7.14 Å². The molecule has 6 nitrogen and oxygen atoms in total. The third-order valence-corrected chi connectivity index (χ3v) is 5.02. The van der Waals surface area contributed by atoms with E-state index in [0.29, 0.717) is 3.57 Å². The smallest absolute Gasteiger partial charge is 0.480 e. The Morgan fingerprint density at radius 3 is 2.22 bits per heavy atom. The summed E-state index contributed by atoms with van der Waals surface area (Å²) in [4.78, 5) is 12.0. The minimum Gasteiger partial charge on any atom is -0.538 e. The van der Waals surface area contributed by atoms with Crippen molar-refractivity contribution >= 4 is 61.2 Å². The summed E-state index contributed by atoms with van der Waals surface area (Å²) in [5.74, 6) is -1.62. The predicted octanol–water partition coefficient (Wildman–Crippen LogP) is 4.22. The summed E-state index contributed by atoms with van der Waals surface area (Å²) in [6.07, 6.45) is -4.67. The second-order valence-electron chi connectivity index (χ2n) is 4.58. The Morgan fingerprint density at radius 1 is 1.11 bits per heavy atom. The second kappa shape index (κ2) is 9.29. The molecule has 0 aliphatic heterocycles. The summed E-state index contributed by atoms with van der Waals surface area (Å²) in [6, 6.07) is 2.58. The zero-order chi connectivity index (χ0) is 21.0. The van der Waals surface area contributed by atoms with Gasteiger partial charge in [0, 0.05) is 3.57 Å². The van der Waals surface area contributed by atoms with Crippen molar-refractivity contribution in [2.24, 2.45) is 0 Å². The van der Waals surface area contributed by atoms with Crippen molar-refractivity contribution in [2.75, 3.05) is 19.8 Å². The van der Waals surface area contributed by atoms with Gasteiger partial charge in [0.05, 0.1) is 10.2 Å². The van der Waals surface area contributed by atoms with Crippen molar-refractivity contribution in [1.82, 2.24) is 0 Å². The summed E-state index contributed by atoms with van der Waals surface area (Å²) in [5.41, 5.74) is -5.98. The Labute approximate surface area is 176 Å². The van der Waals surface area contributed by atoms with Crippen molar-refractivity contribution in [3.8, 4) is 5.75 Å². The number of nitrogens with zero attached hydrogens (tertiary/aromatic N) is 1. The maximum absolute atomic E-state index is 12.3. The number of carbonyl (C=O) groups is 1. The van der Waals surface area contributed by atoms with Gasteiger partial charge in [0.1, 0.15) is 11.3 Å². The quantitative estimate of drug-likeness (QED) is 0.192. The topological polar surface area (TPSA) is 83.8 Å². The molecule has 0 aliphatic carbocycles. The molecule has 0 fully saturated rings. The number of alkyl halides is 6. The molecule has 0 unspecified atom stereocenters. The monoisotopic (exact) mass is 646 g/mol. The molecule has 154 valence electrons. The molecule has 0 heterocycles. The molecule has 1 rings (SSSR count). The van der Waals surface area contributed by atoms with Gasteiger partial charge in [-0.1, -0.05) is 0 Å². The molecule has 0 aliphatic rings. The summed E-state index contributed by atoms with van der Waals surface area (Å²) >= 11 is 3.41. The summed E-state index contributed by atoms with van der Waals surface area (Å²) in [7, 11) is -5.73. The van der Waals surface area contributed by atoms with E-state index in [1.165, 1.54) is 6.07 Å². The van der Waals surface area contributed by atoms with Crippen LogP contribution in [0.1, 0.15) is 10.4 Å². The van der Waals surface area contributed by atoms with Crippen LogP contribution in [0.15, 0.2) is 12.1 Å². The van der Waals surface area contributed by atoms with Gasteiger partial charge >= 0.3 is 17.7 Å². The molecule has 1 aromatic rings. The Bertz CT molecular complexity index is 797. The molecule has 0 aromatic heterocycles. The van der Waals surface area contributed by atoms with Crippen molar-refractivity contribution < 1.29 is 49.0 Å². The van der Waals surface area contributed by atoms with Crippen molar-refractivity contribution in [1.29, 1.82) is 0 Å². The lowest BCUT2D eigenvalue weighted by Gasteiger charge is -2.21. The standard InChI is InChI=1S/C12H8F6I2NO5S/c13-11(14,15)5-26-9-7(3-6(19)4-8(9)20)10(22)25-2-1-21-27(23,24)12(16,17)18/h3-4H,1-2,5H2/q-1. The van der Waals surface area contributed by atoms with Crippen LogP contribution < -0.4 is 4.74 Å². The van der Waals surface area contributed by atoms with Crippen molar-refractivity contribution in [3.63, 3.8) is 0 Å². The number of hydrogen-bond acceptors (Lipinski definition) is 5. The Morgan fingerprint density at radius 2 is 1.70 bits per heavy atom. The average Bonchev–Trinajstić information content (AvgIpc) is 2.47. The van der Waals surface area contributed by atoms with E-state index < -0.39 is 58.7 Å². The lowest BCUT2D eigenvalue weighted by Crippen LogP contribution is -2.23. The van der Waals surface area contributed by atoms with E-state index in [2.05, 4.69) is 14.2 Å². The number of sulfonamides is 1. The van der Waals surface area contributed by atoms with E-state index in [9.17, 15) is 39.6 Å². The first-order valence-electron chi connectivity index (χ1n) is 6.50. The van der Waals surface area contributed by atoms with Gasteiger partial charge in [0.15, 0.2) is 16.6 Å². The molecule has 0 saturated carbocycles. The lowest BCUT2D eigenvalue weighted by atomic mass is 10.2. The van der Waals surface area contributed by atoms with Gasteiger partial charge in [-0.15, -0.1) is 6.54 Å². The van der Waals surface area contributed by atoms with E-state index in [-0.39, 0.29) is 3.57 Å². The largest absolute Gasteiger partial charge is 0.538 e. The highest BCUT2D eigenvalue weighted by Crippen LogP contribution is 2.31. The molecule has 0 spiro atoms. The van der Waals surface area contributed by atoms with Crippen LogP contribution in [0.4, 0.5) is 26.3 Å². The van der Waals surface area contributed by atoms with Crippen molar-refractivity contribution in [2.45, 2.75) is 11.7 Å². The maximum atomic E-state index is 12.3. The SMILES string of the molecule is O=C(OCC[N-]S(=O)(=O)C(F)(F)F)c1cc(I)cc(I)c1OCC(F)(F)F. The van der Waals surface area contributed by atoms with Crippen LogP contribution in [0.5, 0.6) is 5.75 Å². The van der Waals surface area contributed by atoms with E-state index in [1.54, 1.807) is 45.2 Å². The van der Waals surface area contributed by atoms with Gasteiger partial charge in [-0.2, -0.15) is 26.3 Å². The Kier molecular flexibility index (Phi) is 8.42. The van der Waals surface area contributed by atoms with Crippen LogP contribution >= 0.6 is 45.2 Å². The number of ether oxygens (including phenoxy) is 2. The number of halogens is 8. The highest BCUT2D eigenvalue weighted by atomic mass is 127. The number of benzene rings is 1. The van der Waals surface area contributed by atoms with Gasteiger partial charge in [0.25, 0.3) is 0 Å². The lowest BCUT2D eigenvalue weighted by molar-refractivity contribution is -0.153. The third kappa shape index (κ3) is 7.76. The number of esters is 1. The molecule has 0 N–H and O–H groups in total. The average molecular weight is 646 g/mol. The third-order valence-electron chi connectivity index (χ3n) is 2.49. The fourth-order valence-corrected chi connectivity index (χ4v) is 3.92. The minimum atomic E-state index is -5.73. The van der Waals surface area contributed by atoms with Gasteiger partial charge in [-0.3, -0.25) is 0 Å². The number of carbonyl (C=O) groups excluding carboxylic acids is 1. The van der Waals surface area contributed by atoms with Crippen LogP contribution in [-0.2, 0) is 14.8 Å². The molecular formula is C12H8F6I2NO5S-. The first-order valence-corrected chi connectivity index (χ1v) is 10.1. The molecule has 0 saturated heterocycles. The van der Waals surface area contributed by atoms with Crippen molar-refractivity contribution in [3.05, 3.63) is 29.6 Å². The molecular weight excluding hydrogens is 638 g/mol. The van der Waals surface area contributed by atoms with E-state index in [0.717, 1.165) is 6.07 Å². The fraction of sp³-hybridized carbons (Fsp3) is 0.417. The first kappa shape index (κ1) is 24.5. The number of hydrogen-bond donors (Lipinski definition) is 0. The Hall–Kier alpha value is -0.560. The van der Waals surface area contributed by atoms with E-state index >= 15 is 0 Å². The van der Waals surface area contributed by atoms with Crippen LogP contribution in [-0.4, -0.2) is 45.8 Å². The van der Waals surface area contributed by atoms with E-state index in [4.69, 9.17) is 0 Å². The van der Waals surface area contributed by atoms with Gasteiger partial charge in [0.2, 0.25) is 0 Å². The minimum absolute atomic E-state index is 0.167. The normalized spacial score (nSPS) is 12.7. The van der Waals surface area contributed by atoms with Crippen LogP contribution in [0.2, 0.25) is 0 Å². The maximum Gasteiger partial charge on any atom is 0.480 e. The molecule has 0 amide bonds. The summed E-state index contributed by atoms with van der Waals surface area (Å²) in [5, 5.41) is 0. The summed E-state index contributed by atoms with van der Waals surface area (Å²) < 4.78 is 107. The molecule has 15 heteroatoms. The molecule has 1 aromatic carbocycles. The fourth-order valence-electron chi connectivity index (χ4n) is 1.46. The Balaban J connectivity index is 2.82. The van der Waals surface area contributed by atoms with E-state index in [1.807, 2.05) is 0 Å². The number of rotatable bonds is 7. The highest BCUT2D eigenvalue weighted by Gasteiger charge is 2.38.